The van der Waals surface area contributed by atoms with Crippen LogP contribution < -0.4 is 5.32 Å². The Balaban J connectivity index is 0.00000264. The third-order valence-corrected chi connectivity index (χ3v) is 4.21. The van der Waals surface area contributed by atoms with Crippen LogP contribution in [0.1, 0.15) is 31.2 Å². The van der Waals surface area contributed by atoms with Crippen molar-refractivity contribution in [2.75, 3.05) is 33.4 Å². The number of hydrogen-bond donors (Lipinski definition) is 1. The number of benzene rings is 1. The van der Waals surface area contributed by atoms with E-state index in [1.807, 2.05) is 30.1 Å². The Morgan fingerprint density at radius 2 is 1.96 bits per heavy atom. The summed E-state index contributed by atoms with van der Waals surface area (Å²) in [6, 6.07) is 10.3. The maximum Gasteiger partial charge on any atom is 0.222 e. The van der Waals surface area contributed by atoms with Crippen molar-refractivity contribution in [3.63, 3.8) is 0 Å². The quantitative estimate of drug-likeness (QED) is 0.740. The lowest BCUT2D eigenvalue weighted by Crippen LogP contribution is -2.37. The summed E-state index contributed by atoms with van der Waals surface area (Å²) in [6.45, 7) is 4.13. The van der Waals surface area contributed by atoms with Crippen LogP contribution in [0.15, 0.2) is 30.3 Å². The van der Waals surface area contributed by atoms with E-state index < -0.39 is 0 Å². The minimum absolute atomic E-state index is 0. The largest absolute Gasteiger partial charge is 0.381 e. The molecule has 0 radical (unpaired) electrons. The third-order valence-electron chi connectivity index (χ3n) is 4.21. The molecule has 23 heavy (non-hydrogen) atoms. The van der Waals surface area contributed by atoms with Gasteiger partial charge in [-0.05, 0) is 44.3 Å². The van der Waals surface area contributed by atoms with Gasteiger partial charge < -0.3 is 15.0 Å². The molecule has 2 rings (SSSR count). The highest BCUT2D eigenvalue weighted by Gasteiger charge is 2.21. The van der Waals surface area contributed by atoms with Crippen LogP contribution in [0.5, 0.6) is 0 Å². The van der Waals surface area contributed by atoms with Crippen LogP contribution in [-0.2, 0) is 16.1 Å². The lowest BCUT2D eigenvalue weighted by Gasteiger charge is -2.30. The van der Waals surface area contributed by atoms with Crippen molar-refractivity contribution < 1.29 is 9.53 Å². The van der Waals surface area contributed by atoms with Gasteiger partial charge in [-0.2, -0.15) is 0 Å². The number of nitrogens with one attached hydrogen (secondary N) is 1. The molecule has 1 aliphatic heterocycles. The predicted molar refractivity (Wildman–Crippen MR) is 95.8 cm³/mol. The van der Waals surface area contributed by atoms with Crippen LogP contribution in [0.2, 0.25) is 0 Å². The van der Waals surface area contributed by atoms with Gasteiger partial charge in [0.25, 0.3) is 0 Å². The topological polar surface area (TPSA) is 41.6 Å². The number of amides is 1. The second-order valence-corrected chi connectivity index (χ2v) is 6.02. The molecule has 1 aromatic carbocycles. The molecule has 130 valence electrons. The number of rotatable bonds is 8. The number of nitrogens with zero attached hydrogens (tertiary/aromatic N) is 1. The van der Waals surface area contributed by atoms with Gasteiger partial charge in [0.1, 0.15) is 0 Å². The number of carbonyl (C=O) groups is 1. The Hall–Kier alpha value is -1.10. The van der Waals surface area contributed by atoms with Gasteiger partial charge in [0.2, 0.25) is 5.91 Å². The second kappa shape index (κ2) is 11.4. The fraction of sp³-hybridized carbons (Fsp3) is 0.611. The molecule has 4 nitrogen and oxygen atoms in total. The lowest BCUT2D eigenvalue weighted by molar-refractivity contribution is -0.133. The highest BCUT2D eigenvalue weighted by atomic mass is 35.5. The van der Waals surface area contributed by atoms with E-state index in [1.165, 1.54) is 5.56 Å². The number of ether oxygens (including phenoxy) is 1. The Labute approximate surface area is 146 Å². The summed E-state index contributed by atoms with van der Waals surface area (Å²) in [4.78, 5) is 14.6. The molecule has 0 aliphatic carbocycles. The van der Waals surface area contributed by atoms with Gasteiger partial charge >= 0.3 is 0 Å². The molecule has 1 heterocycles. The van der Waals surface area contributed by atoms with Crippen molar-refractivity contribution >= 4 is 18.3 Å². The van der Waals surface area contributed by atoms with Gasteiger partial charge in [-0.3, -0.25) is 4.79 Å². The van der Waals surface area contributed by atoms with Crippen molar-refractivity contribution in [1.29, 1.82) is 0 Å². The van der Waals surface area contributed by atoms with E-state index >= 15 is 0 Å². The monoisotopic (exact) mass is 340 g/mol. The first-order valence-electron chi connectivity index (χ1n) is 8.33. The standard InChI is InChI=1S/C18H28N2O2.ClH/c1-19-11-5-8-18(21)20(14-16-6-3-2-4-7-16)15-17-9-12-22-13-10-17;/h2-4,6-7,17,19H,5,8-15H2,1H3;1H. The fourth-order valence-electron chi connectivity index (χ4n) is 2.87. The Morgan fingerprint density at radius 3 is 2.61 bits per heavy atom. The molecule has 0 aromatic heterocycles. The van der Waals surface area contributed by atoms with Gasteiger partial charge in [0, 0.05) is 32.7 Å². The van der Waals surface area contributed by atoms with E-state index in [0.717, 1.165) is 52.1 Å². The summed E-state index contributed by atoms with van der Waals surface area (Å²) in [5, 5.41) is 3.11. The summed E-state index contributed by atoms with van der Waals surface area (Å²) < 4.78 is 5.43. The Morgan fingerprint density at radius 1 is 1.26 bits per heavy atom. The van der Waals surface area contributed by atoms with Gasteiger partial charge in [0.05, 0.1) is 0 Å². The fourth-order valence-corrected chi connectivity index (χ4v) is 2.87. The highest BCUT2D eigenvalue weighted by Crippen LogP contribution is 2.18. The smallest absolute Gasteiger partial charge is 0.222 e. The molecule has 1 N–H and O–H groups in total. The number of hydrogen-bond acceptors (Lipinski definition) is 3. The van der Waals surface area contributed by atoms with E-state index in [1.54, 1.807) is 0 Å². The van der Waals surface area contributed by atoms with E-state index in [-0.39, 0.29) is 18.3 Å². The zero-order valence-electron chi connectivity index (χ0n) is 14.0. The average Bonchev–Trinajstić information content (AvgIpc) is 2.56. The summed E-state index contributed by atoms with van der Waals surface area (Å²) in [7, 11) is 1.92. The first-order chi connectivity index (χ1) is 10.8. The van der Waals surface area contributed by atoms with Crippen molar-refractivity contribution in [2.24, 2.45) is 5.92 Å². The molecule has 0 spiro atoms. The average molecular weight is 341 g/mol. The maximum atomic E-state index is 12.6. The Bertz CT molecular complexity index is 436. The first kappa shape index (κ1) is 19.9. The minimum Gasteiger partial charge on any atom is -0.381 e. The van der Waals surface area contributed by atoms with Crippen LogP contribution in [0, 0.1) is 5.92 Å². The maximum absolute atomic E-state index is 12.6. The zero-order valence-corrected chi connectivity index (χ0v) is 14.8. The second-order valence-electron chi connectivity index (χ2n) is 6.02. The summed E-state index contributed by atoms with van der Waals surface area (Å²) in [5.74, 6) is 0.844. The summed E-state index contributed by atoms with van der Waals surface area (Å²) in [5.41, 5.74) is 1.21. The summed E-state index contributed by atoms with van der Waals surface area (Å²) in [6.07, 6.45) is 3.65. The van der Waals surface area contributed by atoms with Gasteiger partial charge in [0.15, 0.2) is 0 Å². The molecule has 0 saturated carbocycles. The summed E-state index contributed by atoms with van der Waals surface area (Å²) >= 11 is 0. The number of carbonyl (C=O) groups excluding carboxylic acids is 1. The Kier molecular flexibility index (Phi) is 9.92. The van der Waals surface area contributed by atoms with Crippen LogP contribution in [0.25, 0.3) is 0 Å². The van der Waals surface area contributed by atoms with E-state index in [0.29, 0.717) is 12.3 Å². The normalized spacial score (nSPS) is 15.0. The molecule has 0 bridgehead atoms. The molecule has 1 saturated heterocycles. The molecule has 1 aliphatic rings. The van der Waals surface area contributed by atoms with Crippen LogP contribution in [0.3, 0.4) is 0 Å². The molecule has 1 aromatic rings. The van der Waals surface area contributed by atoms with Crippen molar-refractivity contribution in [2.45, 2.75) is 32.2 Å². The minimum atomic E-state index is 0. The van der Waals surface area contributed by atoms with E-state index in [2.05, 4.69) is 17.4 Å². The lowest BCUT2D eigenvalue weighted by atomic mass is 9.99. The molecule has 5 heteroatoms. The van der Waals surface area contributed by atoms with Crippen molar-refractivity contribution in [3.05, 3.63) is 35.9 Å². The van der Waals surface area contributed by atoms with Crippen LogP contribution >= 0.6 is 12.4 Å². The molecule has 0 atom stereocenters. The molecule has 1 amide bonds. The van der Waals surface area contributed by atoms with Crippen molar-refractivity contribution in [1.82, 2.24) is 10.2 Å². The molecule has 0 unspecified atom stereocenters. The molecule has 1 fully saturated rings. The predicted octanol–water partition coefficient (Wildman–Crippen LogP) is 2.86. The van der Waals surface area contributed by atoms with Gasteiger partial charge in [-0.1, -0.05) is 30.3 Å². The molecular formula is C18H29ClN2O2. The van der Waals surface area contributed by atoms with Gasteiger partial charge in [-0.15, -0.1) is 12.4 Å². The van der Waals surface area contributed by atoms with Gasteiger partial charge in [-0.25, -0.2) is 0 Å². The molecular weight excluding hydrogens is 312 g/mol. The van der Waals surface area contributed by atoms with Crippen LogP contribution in [-0.4, -0.2) is 44.2 Å². The third kappa shape index (κ3) is 7.34. The number of halogens is 1. The van der Waals surface area contributed by atoms with E-state index in [4.69, 9.17) is 4.74 Å². The van der Waals surface area contributed by atoms with Crippen molar-refractivity contribution in [3.8, 4) is 0 Å². The van der Waals surface area contributed by atoms with E-state index in [9.17, 15) is 4.79 Å². The highest BCUT2D eigenvalue weighted by molar-refractivity contribution is 5.85. The first-order valence-corrected chi connectivity index (χ1v) is 8.33. The van der Waals surface area contributed by atoms with Crippen LogP contribution in [0.4, 0.5) is 0 Å². The zero-order chi connectivity index (χ0) is 15.6. The SMILES string of the molecule is CNCCCC(=O)N(Cc1ccccc1)CC1CCOCC1.Cl.